The van der Waals surface area contributed by atoms with Crippen molar-refractivity contribution in [2.24, 2.45) is 12.0 Å². The van der Waals surface area contributed by atoms with Crippen molar-refractivity contribution in [3.05, 3.63) is 83.7 Å². The minimum atomic E-state index is -1.38. The van der Waals surface area contributed by atoms with E-state index in [1.807, 2.05) is 9.80 Å². The number of aliphatic hydroxyl groups is 1. The summed E-state index contributed by atoms with van der Waals surface area (Å²) in [5, 5.41) is 22.6. The Kier molecular flexibility index (Phi) is 6.72. The van der Waals surface area contributed by atoms with Crippen LogP contribution in [0, 0.1) is 17.0 Å². The van der Waals surface area contributed by atoms with Crippen molar-refractivity contribution in [1.82, 2.24) is 29.6 Å². The number of anilines is 1. The molecule has 3 N–H and O–H groups in total. The topological polar surface area (TPSA) is 122 Å². The van der Waals surface area contributed by atoms with E-state index in [0.717, 1.165) is 6.34 Å². The van der Waals surface area contributed by atoms with Gasteiger partial charge in [0.15, 0.2) is 11.7 Å². The summed E-state index contributed by atoms with van der Waals surface area (Å²) in [6, 6.07) is 5.66. The number of aryl methyl sites for hydroxylation is 1. The van der Waals surface area contributed by atoms with Crippen LogP contribution in [-0.2, 0) is 12.6 Å². The highest BCUT2D eigenvalue weighted by molar-refractivity contribution is 6.02. The largest absolute Gasteiger partial charge is 0.381 e. The third-order valence-electron chi connectivity index (χ3n) is 6.71. The summed E-state index contributed by atoms with van der Waals surface area (Å²) in [6.07, 6.45) is 8.93. The maximum atomic E-state index is 15.4. The molecule has 0 aliphatic carbocycles. The standard InChI is InChI=1S/C26H27F2N9O/c1-26(38,18-3-5-20(27)6-4-18)19-12-31-25(32-13-19)37-9-7-36(8-10-37)24(33-16-29)23-22(28)21(14-30-23)17-11-34-35(2)15-17/h3-6,11-16,29-30,38H,7-10H2,1-2H3/b29-16?,33-24+/t26-/m0/s1. The maximum absolute atomic E-state index is 15.4. The van der Waals surface area contributed by atoms with Gasteiger partial charge in [-0.3, -0.25) is 10.1 Å². The van der Waals surface area contributed by atoms with Gasteiger partial charge in [-0.1, -0.05) is 12.1 Å². The Morgan fingerprint density at radius 3 is 2.37 bits per heavy atom. The summed E-state index contributed by atoms with van der Waals surface area (Å²) >= 11 is 0. The molecule has 1 fully saturated rings. The van der Waals surface area contributed by atoms with Gasteiger partial charge in [0.2, 0.25) is 5.95 Å². The fraction of sp³-hybridized carbons (Fsp3) is 0.269. The fourth-order valence-electron chi connectivity index (χ4n) is 4.50. The Hall–Kier alpha value is -4.45. The monoisotopic (exact) mass is 519 g/mol. The molecule has 3 aromatic heterocycles. The zero-order valence-electron chi connectivity index (χ0n) is 20.9. The van der Waals surface area contributed by atoms with E-state index in [-0.39, 0.29) is 11.5 Å². The molecular weight excluding hydrogens is 492 g/mol. The van der Waals surface area contributed by atoms with E-state index in [1.165, 1.54) is 24.3 Å². The van der Waals surface area contributed by atoms with Crippen LogP contribution >= 0.6 is 0 Å². The SMILES string of the molecule is Cn1cc(-c2c[nH]c(/C(=N\C=N)N3CCN(c4ncc([C@@](C)(O)c5ccc(F)cc5)cn4)CC3)c2F)cn1. The number of halogens is 2. The molecule has 10 nitrogen and oxygen atoms in total. The third kappa shape index (κ3) is 4.77. The van der Waals surface area contributed by atoms with Crippen LogP contribution in [0.2, 0.25) is 0 Å². The van der Waals surface area contributed by atoms with Crippen molar-refractivity contribution in [2.75, 3.05) is 31.1 Å². The number of hydrogen-bond donors (Lipinski definition) is 3. The minimum Gasteiger partial charge on any atom is -0.381 e. The summed E-state index contributed by atoms with van der Waals surface area (Å²) in [7, 11) is 1.77. The van der Waals surface area contributed by atoms with Crippen LogP contribution in [0.3, 0.4) is 0 Å². The average Bonchev–Trinajstić information content (AvgIpc) is 3.52. The van der Waals surface area contributed by atoms with Gasteiger partial charge < -0.3 is 19.9 Å². The second-order valence-electron chi connectivity index (χ2n) is 9.20. The van der Waals surface area contributed by atoms with Gasteiger partial charge in [-0.25, -0.2) is 23.7 Å². The smallest absolute Gasteiger partial charge is 0.225 e. The van der Waals surface area contributed by atoms with Gasteiger partial charge in [-0.2, -0.15) is 5.10 Å². The Morgan fingerprint density at radius 2 is 1.76 bits per heavy atom. The number of aromatic amines is 1. The minimum absolute atomic E-state index is 0.212. The van der Waals surface area contributed by atoms with Crippen LogP contribution in [0.15, 0.2) is 60.2 Å². The lowest BCUT2D eigenvalue weighted by atomic mass is 9.90. The Morgan fingerprint density at radius 1 is 1.08 bits per heavy atom. The van der Waals surface area contributed by atoms with Crippen LogP contribution in [0.5, 0.6) is 0 Å². The Bertz CT molecular complexity index is 1450. The molecule has 4 aromatic rings. The molecular formula is C26H27F2N9O. The van der Waals surface area contributed by atoms with E-state index < -0.39 is 11.4 Å². The molecule has 5 rings (SSSR count). The summed E-state index contributed by atoms with van der Waals surface area (Å²) in [6.45, 7) is 3.71. The van der Waals surface area contributed by atoms with Gasteiger partial charge in [-0.15, -0.1) is 0 Å². The first-order valence-corrected chi connectivity index (χ1v) is 12.0. The first-order valence-electron chi connectivity index (χ1n) is 12.0. The summed E-state index contributed by atoms with van der Waals surface area (Å²) in [4.78, 5) is 19.9. The number of rotatable bonds is 6. The molecule has 1 aliphatic heterocycles. The van der Waals surface area contributed by atoms with Gasteiger partial charge >= 0.3 is 0 Å². The molecule has 38 heavy (non-hydrogen) atoms. The summed E-state index contributed by atoms with van der Waals surface area (Å²) in [5.41, 5.74) is 0.880. The molecule has 12 heteroatoms. The van der Waals surface area contributed by atoms with E-state index in [1.54, 1.807) is 49.6 Å². The molecule has 0 radical (unpaired) electrons. The van der Waals surface area contributed by atoms with Crippen molar-refractivity contribution in [2.45, 2.75) is 12.5 Å². The molecule has 1 aliphatic rings. The first kappa shape index (κ1) is 25.2. The molecule has 0 unspecified atom stereocenters. The van der Waals surface area contributed by atoms with Gasteiger partial charge in [0.25, 0.3) is 0 Å². The van der Waals surface area contributed by atoms with E-state index >= 15 is 4.39 Å². The lowest BCUT2D eigenvalue weighted by Gasteiger charge is -2.36. The lowest BCUT2D eigenvalue weighted by Crippen LogP contribution is -2.49. The second kappa shape index (κ2) is 10.1. The summed E-state index contributed by atoms with van der Waals surface area (Å²) in [5.74, 6) is 0.0166. The number of nitrogens with one attached hydrogen (secondary N) is 2. The Balaban J connectivity index is 1.28. The van der Waals surface area contributed by atoms with Crippen molar-refractivity contribution >= 4 is 18.1 Å². The zero-order chi connectivity index (χ0) is 26.9. The first-order chi connectivity index (χ1) is 18.3. The molecule has 0 bridgehead atoms. The number of piperazine rings is 1. The number of H-pyrrole nitrogens is 1. The fourth-order valence-corrected chi connectivity index (χ4v) is 4.50. The molecule has 196 valence electrons. The van der Waals surface area contributed by atoms with Crippen molar-refractivity contribution < 1.29 is 13.9 Å². The molecule has 4 heterocycles. The summed E-state index contributed by atoms with van der Waals surface area (Å²) < 4.78 is 30.2. The number of hydrogen-bond acceptors (Lipinski definition) is 6. The van der Waals surface area contributed by atoms with Crippen molar-refractivity contribution in [3.8, 4) is 11.1 Å². The van der Waals surface area contributed by atoms with E-state index in [9.17, 15) is 9.50 Å². The maximum Gasteiger partial charge on any atom is 0.225 e. The van der Waals surface area contributed by atoms with Crippen LogP contribution < -0.4 is 4.90 Å². The predicted molar refractivity (Wildman–Crippen MR) is 139 cm³/mol. The second-order valence-corrected chi connectivity index (χ2v) is 9.20. The zero-order valence-corrected chi connectivity index (χ0v) is 20.9. The highest BCUT2D eigenvalue weighted by Gasteiger charge is 2.29. The number of amidine groups is 1. The van der Waals surface area contributed by atoms with Gasteiger partial charge in [0, 0.05) is 74.7 Å². The van der Waals surface area contributed by atoms with E-state index in [2.05, 4.69) is 25.0 Å². The number of aliphatic imine (C=N–C) groups is 1. The number of benzene rings is 1. The average molecular weight is 520 g/mol. The molecule has 1 aromatic carbocycles. The van der Waals surface area contributed by atoms with Gasteiger partial charge in [-0.05, 0) is 24.6 Å². The van der Waals surface area contributed by atoms with Crippen LogP contribution in [0.1, 0.15) is 23.7 Å². The van der Waals surface area contributed by atoms with E-state index in [0.29, 0.717) is 60.2 Å². The molecule has 0 spiro atoms. The Labute approximate surface area is 217 Å². The lowest BCUT2D eigenvalue weighted by molar-refractivity contribution is 0.101. The van der Waals surface area contributed by atoms with E-state index in [4.69, 9.17) is 5.41 Å². The van der Waals surface area contributed by atoms with Crippen molar-refractivity contribution in [3.63, 3.8) is 0 Å². The van der Waals surface area contributed by atoms with Crippen LogP contribution in [-0.4, -0.2) is 73.1 Å². The van der Waals surface area contributed by atoms with Crippen LogP contribution in [0.4, 0.5) is 14.7 Å². The molecule has 1 saturated heterocycles. The molecule has 1 atom stereocenters. The molecule has 0 amide bonds. The molecule has 0 saturated carbocycles. The van der Waals surface area contributed by atoms with Crippen LogP contribution in [0.25, 0.3) is 11.1 Å². The van der Waals surface area contributed by atoms with Crippen molar-refractivity contribution in [1.29, 1.82) is 5.41 Å². The normalized spacial score (nSPS) is 16.0. The van der Waals surface area contributed by atoms with Gasteiger partial charge in [0.1, 0.15) is 23.5 Å². The third-order valence-corrected chi connectivity index (χ3v) is 6.71. The highest BCUT2D eigenvalue weighted by Crippen LogP contribution is 2.29. The highest BCUT2D eigenvalue weighted by atomic mass is 19.1. The quantitative estimate of drug-likeness (QED) is 0.266. The number of nitrogens with zero attached hydrogens (tertiary/aromatic N) is 7. The van der Waals surface area contributed by atoms with Gasteiger partial charge in [0.05, 0.1) is 6.20 Å². The predicted octanol–water partition coefficient (Wildman–Crippen LogP) is 2.92. The number of aromatic nitrogens is 5.